The van der Waals surface area contributed by atoms with Gasteiger partial charge in [-0.15, -0.1) is 0 Å². The molecule has 5 heteroatoms. The zero-order valence-corrected chi connectivity index (χ0v) is 12.0. The van der Waals surface area contributed by atoms with Gasteiger partial charge >= 0.3 is 0 Å². The Hall–Kier alpha value is -1.88. The standard InChI is InChI=1S/C15H21N3O2/c1-17(2)8-11-3-5-12(6-4-11)9-18-10-13(15(16)20)7-14(18)19/h3-6,13H,7-10H2,1-2H3,(H2,16,20). The summed E-state index contributed by atoms with van der Waals surface area (Å²) in [5.74, 6) is -0.719. The van der Waals surface area contributed by atoms with Crippen LogP contribution in [0.25, 0.3) is 0 Å². The van der Waals surface area contributed by atoms with E-state index in [4.69, 9.17) is 5.73 Å². The third-order valence-electron chi connectivity index (χ3n) is 3.51. The van der Waals surface area contributed by atoms with Gasteiger partial charge in [-0.2, -0.15) is 0 Å². The molecule has 1 saturated heterocycles. The lowest BCUT2D eigenvalue weighted by Crippen LogP contribution is -2.28. The van der Waals surface area contributed by atoms with Crippen molar-refractivity contribution < 1.29 is 9.59 Å². The smallest absolute Gasteiger partial charge is 0.223 e. The lowest BCUT2D eigenvalue weighted by molar-refractivity contribution is -0.128. The maximum atomic E-state index is 11.8. The number of carbonyl (C=O) groups excluding carboxylic acids is 2. The zero-order valence-electron chi connectivity index (χ0n) is 12.0. The lowest BCUT2D eigenvalue weighted by Gasteiger charge is -2.17. The van der Waals surface area contributed by atoms with Crippen molar-refractivity contribution in [2.75, 3.05) is 20.6 Å². The van der Waals surface area contributed by atoms with Gasteiger partial charge in [0.05, 0.1) is 5.92 Å². The Morgan fingerprint density at radius 2 is 1.90 bits per heavy atom. The van der Waals surface area contributed by atoms with Crippen molar-refractivity contribution in [2.24, 2.45) is 11.7 Å². The molecule has 0 radical (unpaired) electrons. The molecule has 1 aromatic carbocycles. The SMILES string of the molecule is CN(C)Cc1ccc(CN2CC(C(N)=O)CC2=O)cc1. The van der Waals surface area contributed by atoms with Crippen molar-refractivity contribution in [1.82, 2.24) is 9.80 Å². The summed E-state index contributed by atoms with van der Waals surface area (Å²) >= 11 is 0. The molecule has 1 heterocycles. The highest BCUT2D eigenvalue weighted by Gasteiger charge is 2.32. The normalized spacial score (nSPS) is 18.9. The second-order valence-electron chi connectivity index (χ2n) is 5.63. The van der Waals surface area contributed by atoms with E-state index >= 15 is 0 Å². The number of hydrogen-bond acceptors (Lipinski definition) is 3. The van der Waals surface area contributed by atoms with Crippen molar-refractivity contribution in [3.05, 3.63) is 35.4 Å². The topological polar surface area (TPSA) is 66.6 Å². The molecule has 2 N–H and O–H groups in total. The van der Waals surface area contributed by atoms with E-state index in [-0.39, 0.29) is 24.2 Å². The molecule has 0 saturated carbocycles. The minimum Gasteiger partial charge on any atom is -0.369 e. The molecule has 1 fully saturated rings. The number of nitrogens with two attached hydrogens (primary N) is 1. The fraction of sp³-hybridized carbons (Fsp3) is 0.467. The first-order chi connectivity index (χ1) is 9.45. The summed E-state index contributed by atoms with van der Waals surface area (Å²) in [6.45, 7) is 1.88. The highest BCUT2D eigenvalue weighted by atomic mass is 16.2. The molecule has 0 aromatic heterocycles. The monoisotopic (exact) mass is 275 g/mol. The van der Waals surface area contributed by atoms with Crippen LogP contribution >= 0.6 is 0 Å². The van der Waals surface area contributed by atoms with Crippen molar-refractivity contribution in [3.63, 3.8) is 0 Å². The number of rotatable bonds is 5. The van der Waals surface area contributed by atoms with E-state index < -0.39 is 0 Å². The fourth-order valence-corrected chi connectivity index (χ4v) is 2.45. The van der Waals surface area contributed by atoms with Gasteiger partial charge in [0.25, 0.3) is 0 Å². The quantitative estimate of drug-likeness (QED) is 0.855. The molecule has 1 aliphatic rings. The van der Waals surface area contributed by atoms with Crippen LogP contribution in [0.3, 0.4) is 0 Å². The summed E-state index contributed by atoms with van der Waals surface area (Å²) < 4.78 is 0. The van der Waals surface area contributed by atoms with Crippen molar-refractivity contribution in [2.45, 2.75) is 19.5 Å². The summed E-state index contributed by atoms with van der Waals surface area (Å²) in [6, 6.07) is 8.20. The van der Waals surface area contributed by atoms with Gasteiger partial charge in [-0.25, -0.2) is 0 Å². The van der Waals surface area contributed by atoms with Crippen molar-refractivity contribution in [3.8, 4) is 0 Å². The summed E-state index contributed by atoms with van der Waals surface area (Å²) in [6.07, 6.45) is 0.244. The Labute approximate surface area is 119 Å². The molecule has 0 bridgehead atoms. The van der Waals surface area contributed by atoms with Crippen LogP contribution in [0.2, 0.25) is 0 Å². The average Bonchev–Trinajstić information content (AvgIpc) is 2.73. The van der Waals surface area contributed by atoms with E-state index in [1.54, 1.807) is 4.90 Å². The highest BCUT2D eigenvalue weighted by Crippen LogP contribution is 2.20. The summed E-state index contributed by atoms with van der Waals surface area (Å²) in [5.41, 5.74) is 7.57. The molecule has 0 spiro atoms. The molecule has 2 amide bonds. The van der Waals surface area contributed by atoms with Gasteiger partial charge in [0, 0.05) is 26.1 Å². The lowest BCUT2D eigenvalue weighted by atomic mass is 10.1. The Morgan fingerprint density at radius 1 is 1.30 bits per heavy atom. The van der Waals surface area contributed by atoms with Gasteiger partial charge in [-0.1, -0.05) is 24.3 Å². The molecule has 5 nitrogen and oxygen atoms in total. The van der Waals surface area contributed by atoms with Crippen LogP contribution in [0.5, 0.6) is 0 Å². The molecule has 108 valence electrons. The van der Waals surface area contributed by atoms with E-state index in [0.29, 0.717) is 13.1 Å². The number of benzene rings is 1. The average molecular weight is 275 g/mol. The Balaban J connectivity index is 1.97. The highest BCUT2D eigenvalue weighted by molar-refractivity contribution is 5.88. The number of nitrogens with zero attached hydrogens (tertiary/aromatic N) is 2. The predicted molar refractivity (Wildman–Crippen MR) is 76.6 cm³/mol. The van der Waals surface area contributed by atoms with Crippen LogP contribution in [-0.2, 0) is 22.7 Å². The second-order valence-corrected chi connectivity index (χ2v) is 5.63. The van der Waals surface area contributed by atoms with Gasteiger partial charge < -0.3 is 15.5 Å². The van der Waals surface area contributed by atoms with Crippen LogP contribution in [0.4, 0.5) is 0 Å². The molecule has 2 rings (SSSR count). The summed E-state index contributed by atoms with van der Waals surface area (Å²) in [4.78, 5) is 26.8. The van der Waals surface area contributed by atoms with Crippen LogP contribution in [0, 0.1) is 5.92 Å². The minimum absolute atomic E-state index is 0.00571. The predicted octanol–water partition coefficient (Wildman–Crippen LogP) is 0.582. The molecular weight excluding hydrogens is 254 g/mol. The van der Waals surface area contributed by atoms with Gasteiger partial charge in [-0.05, 0) is 25.2 Å². The van der Waals surface area contributed by atoms with E-state index in [9.17, 15) is 9.59 Å². The third kappa shape index (κ3) is 3.57. The van der Waals surface area contributed by atoms with E-state index in [1.165, 1.54) is 5.56 Å². The minimum atomic E-state index is -0.387. The molecule has 1 aliphatic heterocycles. The van der Waals surface area contributed by atoms with Crippen LogP contribution in [-0.4, -0.2) is 42.3 Å². The molecule has 1 aromatic rings. The Morgan fingerprint density at radius 3 is 2.40 bits per heavy atom. The van der Waals surface area contributed by atoms with Gasteiger partial charge in [0.15, 0.2) is 0 Å². The molecule has 0 aliphatic carbocycles. The van der Waals surface area contributed by atoms with Crippen molar-refractivity contribution in [1.29, 1.82) is 0 Å². The maximum absolute atomic E-state index is 11.8. The first-order valence-electron chi connectivity index (χ1n) is 6.75. The van der Waals surface area contributed by atoms with Gasteiger partial charge in [0.2, 0.25) is 11.8 Å². The van der Waals surface area contributed by atoms with Crippen LogP contribution in [0.15, 0.2) is 24.3 Å². The maximum Gasteiger partial charge on any atom is 0.223 e. The number of primary amides is 1. The molecule has 1 unspecified atom stereocenters. The number of amides is 2. The van der Waals surface area contributed by atoms with Gasteiger partial charge in [-0.3, -0.25) is 9.59 Å². The van der Waals surface area contributed by atoms with Crippen molar-refractivity contribution >= 4 is 11.8 Å². The second kappa shape index (κ2) is 6.05. The molecular formula is C15H21N3O2. The zero-order chi connectivity index (χ0) is 14.7. The Kier molecular flexibility index (Phi) is 4.39. The number of carbonyl (C=O) groups is 2. The largest absolute Gasteiger partial charge is 0.369 e. The van der Waals surface area contributed by atoms with E-state index in [1.807, 2.05) is 26.2 Å². The van der Waals surface area contributed by atoms with Crippen LogP contribution in [0.1, 0.15) is 17.5 Å². The first-order valence-corrected chi connectivity index (χ1v) is 6.75. The Bertz CT molecular complexity index is 496. The number of likely N-dealkylation sites (tertiary alicyclic amines) is 1. The van der Waals surface area contributed by atoms with E-state index in [0.717, 1.165) is 12.1 Å². The first kappa shape index (κ1) is 14.5. The third-order valence-corrected chi connectivity index (χ3v) is 3.51. The van der Waals surface area contributed by atoms with Gasteiger partial charge in [0.1, 0.15) is 0 Å². The van der Waals surface area contributed by atoms with E-state index in [2.05, 4.69) is 17.0 Å². The summed E-state index contributed by atoms with van der Waals surface area (Å²) in [7, 11) is 4.06. The number of hydrogen-bond donors (Lipinski definition) is 1. The summed E-state index contributed by atoms with van der Waals surface area (Å²) in [5, 5.41) is 0. The molecule has 20 heavy (non-hydrogen) atoms. The molecule has 1 atom stereocenters. The fourth-order valence-electron chi connectivity index (χ4n) is 2.45. The van der Waals surface area contributed by atoms with Crippen LogP contribution < -0.4 is 5.73 Å².